The molecule has 9 heteroatoms. The van der Waals surface area contributed by atoms with E-state index in [1.54, 1.807) is 42.5 Å². The molecule has 0 aliphatic rings. The number of rotatable bonds is 8. The lowest BCUT2D eigenvalue weighted by Gasteiger charge is -2.08. The van der Waals surface area contributed by atoms with Crippen LogP contribution in [-0.2, 0) is 14.4 Å². The van der Waals surface area contributed by atoms with Gasteiger partial charge in [-0.15, -0.1) is 0 Å². The van der Waals surface area contributed by atoms with Gasteiger partial charge in [0.25, 0.3) is 0 Å². The van der Waals surface area contributed by atoms with Crippen LogP contribution in [0, 0.1) is 0 Å². The van der Waals surface area contributed by atoms with Gasteiger partial charge in [-0.3, -0.25) is 9.59 Å². The summed E-state index contributed by atoms with van der Waals surface area (Å²) < 4.78 is 15.7. The number of nitrogens with zero attached hydrogens (tertiary/aromatic N) is 1. The maximum atomic E-state index is 12.1. The van der Waals surface area contributed by atoms with Crippen molar-refractivity contribution >= 4 is 35.8 Å². The lowest BCUT2D eigenvalue weighted by Crippen LogP contribution is -2.32. The molecule has 9 nitrogen and oxygen atoms in total. The summed E-state index contributed by atoms with van der Waals surface area (Å²) in [6.07, 6.45) is 4.28. The van der Waals surface area contributed by atoms with E-state index in [9.17, 15) is 14.4 Å². The Balaban J connectivity index is 1.56. The number of methoxy groups -OCH3 is 2. The molecule has 0 atom stereocenters. The number of nitrogens with one attached hydrogen (secondary N) is 2. The highest BCUT2D eigenvalue weighted by Gasteiger charge is 2.13. The zero-order valence-electron chi connectivity index (χ0n) is 19.1. The largest absolute Gasteiger partial charge is 0.497 e. The monoisotopic (exact) mass is 473 g/mol. The molecule has 0 aliphatic heterocycles. The number of ether oxygens (including phenoxy) is 3. The summed E-state index contributed by atoms with van der Waals surface area (Å²) in [6.45, 7) is 0. The third-order valence-corrected chi connectivity index (χ3v) is 4.52. The van der Waals surface area contributed by atoms with Crippen molar-refractivity contribution in [1.82, 2.24) is 5.43 Å². The molecule has 2 N–H and O–H groups in total. The molecule has 0 saturated carbocycles. The van der Waals surface area contributed by atoms with Crippen molar-refractivity contribution in [1.29, 1.82) is 0 Å². The van der Waals surface area contributed by atoms with E-state index in [1.807, 2.05) is 30.3 Å². The molecule has 0 radical (unpaired) electrons. The van der Waals surface area contributed by atoms with Gasteiger partial charge in [0.1, 0.15) is 5.75 Å². The van der Waals surface area contributed by atoms with E-state index < -0.39 is 17.8 Å². The molecule has 35 heavy (non-hydrogen) atoms. The Morgan fingerprint density at radius 1 is 0.800 bits per heavy atom. The average Bonchev–Trinajstić information content (AvgIpc) is 2.88. The number of anilines is 1. The fourth-order valence-electron chi connectivity index (χ4n) is 2.82. The number of hydrogen-bond acceptors (Lipinski definition) is 7. The first kappa shape index (κ1) is 24.7. The molecule has 2 amide bonds. The lowest BCUT2D eigenvalue weighted by molar-refractivity contribution is -0.136. The van der Waals surface area contributed by atoms with Crippen LogP contribution >= 0.6 is 0 Å². The highest BCUT2D eigenvalue weighted by Crippen LogP contribution is 2.28. The van der Waals surface area contributed by atoms with Gasteiger partial charge in [0, 0.05) is 17.8 Å². The van der Waals surface area contributed by atoms with Crippen LogP contribution < -0.4 is 25.0 Å². The second kappa shape index (κ2) is 12.4. The van der Waals surface area contributed by atoms with Crippen molar-refractivity contribution in [2.45, 2.75) is 0 Å². The molecule has 178 valence electrons. The SMILES string of the molecule is COc1cccc(NC(=O)C(=O)N/N=C\c2ccc(OC(=O)/C=C/c3ccccc3)c(OC)c2)c1. The second-order valence-corrected chi connectivity index (χ2v) is 6.96. The Hall–Kier alpha value is -4.92. The van der Waals surface area contributed by atoms with Crippen molar-refractivity contribution in [2.24, 2.45) is 5.10 Å². The smallest absolute Gasteiger partial charge is 0.336 e. The highest BCUT2D eigenvalue weighted by atomic mass is 16.6. The number of esters is 1. The second-order valence-electron chi connectivity index (χ2n) is 6.96. The minimum atomic E-state index is -0.952. The number of carbonyl (C=O) groups is 3. The first-order valence-electron chi connectivity index (χ1n) is 10.4. The van der Waals surface area contributed by atoms with Crippen LogP contribution in [-0.4, -0.2) is 38.2 Å². The Morgan fingerprint density at radius 2 is 1.60 bits per heavy atom. The summed E-state index contributed by atoms with van der Waals surface area (Å²) in [6, 6.07) is 20.6. The van der Waals surface area contributed by atoms with Gasteiger partial charge in [-0.25, -0.2) is 10.2 Å². The molecule has 0 saturated heterocycles. The fourth-order valence-corrected chi connectivity index (χ4v) is 2.82. The summed E-state index contributed by atoms with van der Waals surface area (Å²) >= 11 is 0. The van der Waals surface area contributed by atoms with Crippen LogP contribution in [0.25, 0.3) is 6.08 Å². The summed E-state index contributed by atoms with van der Waals surface area (Å²) in [5.74, 6) is -1.36. The van der Waals surface area contributed by atoms with E-state index in [2.05, 4.69) is 15.8 Å². The standard InChI is InChI=1S/C26H23N3O6/c1-33-21-10-6-9-20(16-21)28-25(31)26(32)29-27-17-19-11-13-22(23(15-19)34-2)35-24(30)14-12-18-7-4-3-5-8-18/h3-17H,1-2H3,(H,28,31)(H,29,32)/b14-12+,27-17-. The first-order chi connectivity index (χ1) is 17.0. The maximum Gasteiger partial charge on any atom is 0.336 e. The quantitative estimate of drug-likeness (QED) is 0.129. The summed E-state index contributed by atoms with van der Waals surface area (Å²) in [5.41, 5.74) is 3.95. The van der Waals surface area contributed by atoms with Crippen LogP contribution in [0.1, 0.15) is 11.1 Å². The van der Waals surface area contributed by atoms with Crippen molar-refractivity contribution in [2.75, 3.05) is 19.5 Å². The maximum absolute atomic E-state index is 12.1. The Bertz CT molecular complexity index is 1250. The topological polar surface area (TPSA) is 115 Å². The van der Waals surface area contributed by atoms with Gasteiger partial charge < -0.3 is 19.5 Å². The minimum Gasteiger partial charge on any atom is -0.497 e. The molecule has 0 spiro atoms. The molecule has 0 heterocycles. The molecular formula is C26H23N3O6. The summed E-state index contributed by atoms with van der Waals surface area (Å²) in [5, 5.41) is 6.23. The molecule has 0 aliphatic carbocycles. The number of hydrazone groups is 1. The van der Waals surface area contributed by atoms with E-state index >= 15 is 0 Å². The molecule has 3 rings (SSSR count). The third kappa shape index (κ3) is 7.57. The molecule has 0 unspecified atom stereocenters. The van der Waals surface area contributed by atoms with Crippen LogP contribution in [0.3, 0.4) is 0 Å². The Morgan fingerprint density at radius 3 is 2.34 bits per heavy atom. The van der Waals surface area contributed by atoms with Crippen LogP contribution in [0.2, 0.25) is 0 Å². The first-order valence-corrected chi connectivity index (χ1v) is 10.4. The Labute approximate surface area is 202 Å². The molecular weight excluding hydrogens is 450 g/mol. The van der Waals surface area contributed by atoms with Gasteiger partial charge in [-0.1, -0.05) is 36.4 Å². The van der Waals surface area contributed by atoms with Crippen molar-refractivity contribution in [3.05, 3.63) is 90.0 Å². The van der Waals surface area contributed by atoms with Crippen LogP contribution in [0.5, 0.6) is 17.2 Å². The lowest BCUT2D eigenvalue weighted by atomic mass is 10.2. The van der Waals surface area contributed by atoms with E-state index in [0.29, 0.717) is 17.0 Å². The van der Waals surface area contributed by atoms with Crippen LogP contribution in [0.15, 0.2) is 84.0 Å². The minimum absolute atomic E-state index is 0.217. The van der Waals surface area contributed by atoms with Crippen molar-refractivity contribution in [3.63, 3.8) is 0 Å². The van der Waals surface area contributed by atoms with E-state index in [1.165, 1.54) is 32.6 Å². The molecule has 0 bridgehead atoms. The van der Waals surface area contributed by atoms with Crippen molar-refractivity contribution in [3.8, 4) is 17.2 Å². The normalized spacial score (nSPS) is 10.7. The van der Waals surface area contributed by atoms with Crippen molar-refractivity contribution < 1.29 is 28.6 Å². The number of amides is 2. The summed E-state index contributed by atoms with van der Waals surface area (Å²) in [7, 11) is 2.93. The van der Waals surface area contributed by atoms with Gasteiger partial charge in [-0.05, 0) is 47.5 Å². The highest BCUT2D eigenvalue weighted by molar-refractivity contribution is 6.39. The average molecular weight is 473 g/mol. The van der Waals surface area contributed by atoms with E-state index in [0.717, 1.165) is 5.56 Å². The zero-order chi connectivity index (χ0) is 25.0. The fraction of sp³-hybridized carbons (Fsp3) is 0.0769. The van der Waals surface area contributed by atoms with E-state index in [4.69, 9.17) is 14.2 Å². The zero-order valence-corrected chi connectivity index (χ0v) is 19.1. The molecule has 3 aromatic carbocycles. The van der Waals surface area contributed by atoms with Gasteiger partial charge in [-0.2, -0.15) is 5.10 Å². The molecule has 3 aromatic rings. The van der Waals surface area contributed by atoms with Gasteiger partial charge in [0.15, 0.2) is 11.5 Å². The van der Waals surface area contributed by atoms with Gasteiger partial charge >= 0.3 is 17.8 Å². The van der Waals surface area contributed by atoms with Gasteiger partial charge in [0.2, 0.25) is 0 Å². The van der Waals surface area contributed by atoms with Gasteiger partial charge in [0.05, 0.1) is 20.4 Å². The molecule has 0 fully saturated rings. The van der Waals surface area contributed by atoms with E-state index in [-0.39, 0.29) is 11.5 Å². The Kier molecular flexibility index (Phi) is 8.73. The number of benzene rings is 3. The number of carbonyl (C=O) groups excluding carboxylic acids is 3. The van der Waals surface area contributed by atoms with Crippen LogP contribution in [0.4, 0.5) is 5.69 Å². The number of hydrogen-bond donors (Lipinski definition) is 2. The summed E-state index contributed by atoms with van der Waals surface area (Å²) in [4.78, 5) is 36.2. The predicted molar refractivity (Wildman–Crippen MR) is 131 cm³/mol. The predicted octanol–water partition coefficient (Wildman–Crippen LogP) is 3.41. The molecule has 0 aromatic heterocycles. The third-order valence-electron chi connectivity index (χ3n) is 4.52.